The second-order valence-corrected chi connectivity index (χ2v) is 8.17. The zero-order valence-electron chi connectivity index (χ0n) is 15.7. The molecule has 1 aromatic carbocycles. The Kier molecular flexibility index (Phi) is 5.50. The fourth-order valence-corrected chi connectivity index (χ4v) is 4.87. The van der Waals surface area contributed by atoms with Gasteiger partial charge in [-0.05, 0) is 57.8 Å². The number of hydrogen-bond acceptors (Lipinski definition) is 6. The predicted octanol–water partition coefficient (Wildman–Crippen LogP) is 4.00. The van der Waals surface area contributed by atoms with Crippen molar-refractivity contribution in [3.05, 3.63) is 29.6 Å². The molecule has 4 rings (SSSR count). The van der Waals surface area contributed by atoms with Crippen molar-refractivity contribution >= 4 is 22.4 Å². The molecule has 2 saturated heterocycles. The average molecular weight is 389 g/mol. The highest BCUT2D eigenvalue weighted by molar-refractivity contribution is 7.09. The Bertz CT molecular complexity index is 810. The number of benzene rings is 1. The molecule has 0 bridgehead atoms. The molecular formula is C20H25FN4OS. The van der Waals surface area contributed by atoms with Gasteiger partial charge in [0.05, 0.1) is 11.1 Å². The van der Waals surface area contributed by atoms with Gasteiger partial charge in [-0.3, -0.25) is 4.79 Å². The van der Waals surface area contributed by atoms with Crippen LogP contribution in [0.3, 0.4) is 0 Å². The minimum Gasteiger partial charge on any atom is -0.347 e. The molecule has 144 valence electrons. The van der Waals surface area contributed by atoms with E-state index in [1.54, 1.807) is 12.1 Å². The highest BCUT2D eigenvalue weighted by Gasteiger charge is 2.27. The quantitative estimate of drug-likeness (QED) is 0.741. The van der Waals surface area contributed by atoms with Crippen molar-refractivity contribution in [2.75, 3.05) is 31.1 Å². The van der Waals surface area contributed by atoms with E-state index in [2.05, 4.69) is 19.2 Å². The molecule has 0 spiro atoms. The summed E-state index contributed by atoms with van der Waals surface area (Å²) in [5.41, 5.74) is 0.389. The topological polar surface area (TPSA) is 49.3 Å². The number of halogens is 1. The lowest BCUT2D eigenvalue weighted by molar-refractivity contribution is 0.101. The van der Waals surface area contributed by atoms with Crippen LogP contribution in [0.15, 0.2) is 18.2 Å². The maximum Gasteiger partial charge on any atom is 0.205 e. The Labute approximate surface area is 163 Å². The number of piperidine rings is 2. The molecule has 27 heavy (non-hydrogen) atoms. The van der Waals surface area contributed by atoms with Crippen LogP contribution in [-0.4, -0.2) is 52.3 Å². The maximum atomic E-state index is 14.6. The van der Waals surface area contributed by atoms with Crippen LogP contribution in [0.25, 0.3) is 11.4 Å². The Hall–Kier alpha value is -1.86. The summed E-state index contributed by atoms with van der Waals surface area (Å²) >= 11 is 1.31. The van der Waals surface area contributed by atoms with E-state index < -0.39 is 5.82 Å². The number of nitrogens with zero attached hydrogens (tertiary/aromatic N) is 4. The van der Waals surface area contributed by atoms with E-state index in [9.17, 15) is 9.18 Å². The molecule has 7 heteroatoms. The lowest BCUT2D eigenvalue weighted by Crippen LogP contribution is -2.46. The molecule has 1 aromatic heterocycles. The molecule has 0 unspecified atom stereocenters. The molecule has 3 heterocycles. The largest absolute Gasteiger partial charge is 0.347 e. The van der Waals surface area contributed by atoms with E-state index >= 15 is 0 Å². The molecule has 2 aliphatic heterocycles. The normalized spacial score (nSPS) is 19.4. The molecule has 0 saturated carbocycles. The first-order valence-electron chi connectivity index (χ1n) is 9.76. The number of rotatable bonds is 4. The van der Waals surface area contributed by atoms with Crippen LogP contribution in [0, 0.1) is 5.82 Å². The molecule has 2 aliphatic rings. The van der Waals surface area contributed by atoms with Gasteiger partial charge in [-0.25, -0.2) is 4.39 Å². The van der Waals surface area contributed by atoms with Gasteiger partial charge in [-0.2, -0.15) is 9.36 Å². The number of likely N-dealkylation sites (tertiary alicyclic amines) is 1. The Balaban J connectivity index is 1.45. The van der Waals surface area contributed by atoms with Crippen LogP contribution >= 0.6 is 11.5 Å². The lowest BCUT2D eigenvalue weighted by atomic mass is 10.0. The first kappa shape index (κ1) is 18.5. The summed E-state index contributed by atoms with van der Waals surface area (Å²) in [6, 6.07) is 5.49. The van der Waals surface area contributed by atoms with E-state index in [1.807, 2.05) is 0 Å². The van der Waals surface area contributed by atoms with Gasteiger partial charge in [0.2, 0.25) is 5.13 Å². The van der Waals surface area contributed by atoms with Gasteiger partial charge in [-0.15, -0.1) is 0 Å². The maximum absolute atomic E-state index is 14.6. The van der Waals surface area contributed by atoms with Gasteiger partial charge < -0.3 is 9.80 Å². The molecule has 2 fully saturated rings. The minimum absolute atomic E-state index is 0.0891. The summed E-state index contributed by atoms with van der Waals surface area (Å²) in [7, 11) is 0. The summed E-state index contributed by atoms with van der Waals surface area (Å²) in [5, 5.41) is 0.842. The van der Waals surface area contributed by atoms with Crippen molar-refractivity contribution in [2.24, 2.45) is 0 Å². The SMILES string of the molecule is CC(=O)c1cccc(-c2nsc(N3CCC(N4CCCCC4)CC3)n2)c1F. The average Bonchev–Trinajstić information content (AvgIpc) is 3.19. The van der Waals surface area contributed by atoms with Crippen molar-refractivity contribution in [1.29, 1.82) is 0 Å². The van der Waals surface area contributed by atoms with Crippen molar-refractivity contribution in [2.45, 2.75) is 45.1 Å². The van der Waals surface area contributed by atoms with Gasteiger partial charge >= 0.3 is 0 Å². The Morgan fingerprint density at radius 3 is 2.59 bits per heavy atom. The van der Waals surface area contributed by atoms with Crippen LogP contribution in [0.1, 0.15) is 49.4 Å². The Morgan fingerprint density at radius 1 is 1.15 bits per heavy atom. The lowest BCUT2D eigenvalue weighted by Gasteiger charge is -2.40. The summed E-state index contributed by atoms with van der Waals surface area (Å²) in [6.07, 6.45) is 6.30. The summed E-state index contributed by atoms with van der Waals surface area (Å²) in [5.74, 6) is -0.448. The number of anilines is 1. The minimum atomic E-state index is -0.529. The molecule has 2 aromatic rings. The molecule has 0 amide bonds. The van der Waals surface area contributed by atoms with Crippen molar-refractivity contribution < 1.29 is 9.18 Å². The van der Waals surface area contributed by atoms with Crippen LogP contribution in [0.4, 0.5) is 9.52 Å². The van der Waals surface area contributed by atoms with Gasteiger partial charge in [-0.1, -0.05) is 12.5 Å². The molecule has 0 radical (unpaired) electrons. The third-order valence-corrected chi connectivity index (χ3v) is 6.45. The summed E-state index contributed by atoms with van der Waals surface area (Å²) in [6.45, 7) is 5.77. The smallest absolute Gasteiger partial charge is 0.205 e. The third-order valence-electron chi connectivity index (χ3n) is 5.68. The number of ketones is 1. The van der Waals surface area contributed by atoms with E-state index in [1.165, 1.54) is 56.9 Å². The third kappa shape index (κ3) is 3.89. The highest BCUT2D eigenvalue weighted by atomic mass is 32.1. The van der Waals surface area contributed by atoms with Crippen LogP contribution in [-0.2, 0) is 0 Å². The number of aromatic nitrogens is 2. The second kappa shape index (κ2) is 8.02. The van der Waals surface area contributed by atoms with E-state index in [0.29, 0.717) is 17.4 Å². The molecular weight excluding hydrogens is 363 g/mol. The van der Waals surface area contributed by atoms with Gasteiger partial charge in [0.15, 0.2) is 11.6 Å². The first-order chi connectivity index (χ1) is 13.1. The van der Waals surface area contributed by atoms with Crippen LogP contribution in [0.2, 0.25) is 0 Å². The zero-order valence-corrected chi connectivity index (χ0v) is 16.5. The monoisotopic (exact) mass is 388 g/mol. The number of carbonyl (C=O) groups is 1. The van der Waals surface area contributed by atoms with Crippen molar-refractivity contribution in [1.82, 2.24) is 14.3 Å². The summed E-state index contributed by atoms with van der Waals surface area (Å²) in [4.78, 5) is 21.1. The fourth-order valence-electron chi connectivity index (χ4n) is 4.14. The molecule has 0 aliphatic carbocycles. The van der Waals surface area contributed by atoms with Gasteiger partial charge in [0, 0.05) is 30.7 Å². The number of hydrogen-bond donors (Lipinski definition) is 0. The molecule has 5 nitrogen and oxygen atoms in total. The number of Topliss-reactive ketones (excluding diaryl/α,β-unsaturated/α-hetero) is 1. The predicted molar refractivity (Wildman–Crippen MR) is 106 cm³/mol. The van der Waals surface area contributed by atoms with Crippen molar-refractivity contribution in [3.8, 4) is 11.4 Å². The zero-order chi connectivity index (χ0) is 18.8. The number of carbonyl (C=O) groups excluding carboxylic acids is 1. The fraction of sp³-hybridized carbons (Fsp3) is 0.550. The standard InChI is InChI=1S/C20H25FN4OS/c1-14(26)16-6-5-7-17(18(16)21)19-22-20(27-23-19)25-12-8-15(9-13-25)24-10-3-2-4-11-24/h5-7,15H,2-4,8-13H2,1H3. The van der Waals surface area contributed by atoms with Crippen LogP contribution < -0.4 is 4.90 Å². The van der Waals surface area contributed by atoms with Crippen molar-refractivity contribution in [3.63, 3.8) is 0 Å². The second-order valence-electron chi connectivity index (χ2n) is 7.44. The Morgan fingerprint density at radius 2 is 1.89 bits per heavy atom. The van der Waals surface area contributed by atoms with E-state index in [0.717, 1.165) is 31.1 Å². The highest BCUT2D eigenvalue weighted by Crippen LogP contribution is 2.30. The molecule has 0 N–H and O–H groups in total. The summed E-state index contributed by atoms with van der Waals surface area (Å²) < 4.78 is 19.0. The van der Waals surface area contributed by atoms with E-state index in [4.69, 9.17) is 0 Å². The first-order valence-corrected chi connectivity index (χ1v) is 10.5. The molecule has 0 atom stereocenters. The van der Waals surface area contributed by atoms with Gasteiger partial charge in [0.1, 0.15) is 5.82 Å². The van der Waals surface area contributed by atoms with E-state index in [-0.39, 0.29) is 11.3 Å². The van der Waals surface area contributed by atoms with Crippen LogP contribution in [0.5, 0.6) is 0 Å². The van der Waals surface area contributed by atoms with Gasteiger partial charge in [0.25, 0.3) is 0 Å².